The topological polar surface area (TPSA) is 43.9 Å². The van der Waals surface area contributed by atoms with Crippen LogP contribution in [0.1, 0.15) is 18.0 Å². The molecule has 0 N–H and O–H groups in total. The zero-order chi connectivity index (χ0) is 18.7. The maximum absolute atomic E-state index is 13.4. The molecule has 0 unspecified atom stereocenters. The summed E-state index contributed by atoms with van der Waals surface area (Å²) in [6, 6.07) is 14.4. The molecular weight excluding hydrogens is 430 g/mol. The first-order valence-corrected chi connectivity index (χ1v) is 10.2. The molecule has 0 spiro atoms. The number of carbonyl (C=O) groups is 2. The molecule has 5 nitrogen and oxygen atoms in total. The number of hydrazine groups is 1. The van der Waals surface area contributed by atoms with Crippen molar-refractivity contribution in [3.05, 3.63) is 63.6 Å². The molecule has 0 saturated carbocycles. The Kier molecular flexibility index (Phi) is 4.13. The van der Waals surface area contributed by atoms with Gasteiger partial charge in [-0.3, -0.25) is 9.59 Å². The van der Waals surface area contributed by atoms with Gasteiger partial charge in [-0.1, -0.05) is 39.7 Å². The fourth-order valence-corrected chi connectivity index (χ4v) is 5.01. The smallest absolute Gasteiger partial charge is 0.253 e. The van der Waals surface area contributed by atoms with Crippen LogP contribution in [0.2, 0.25) is 5.02 Å². The molecule has 3 aliphatic rings. The van der Waals surface area contributed by atoms with Gasteiger partial charge in [0.25, 0.3) is 5.91 Å². The van der Waals surface area contributed by atoms with E-state index in [9.17, 15) is 9.59 Å². The molecule has 3 aliphatic heterocycles. The van der Waals surface area contributed by atoms with Gasteiger partial charge in [-0.2, -0.15) is 0 Å². The number of hydrogen-bond acceptors (Lipinski definition) is 4. The Balaban J connectivity index is 1.57. The Morgan fingerprint density at radius 1 is 0.852 bits per heavy atom. The van der Waals surface area contributed by atoms with Crippen molar-refractivity contribution in [2.24, 2.45) is 5.92 Å². The Morgan fingerprint density at radius 3 is 2.15 bits per heavy atom. The van der Waals surface area contributed by atoms with Crippen LogP contribution < -0.4 is 4.90 Å². The third-order valence-electron chi connectivity index (χ3n) is 5.70. The second-order valence-corrected chi connectivity index (χ2v) is 8.49. The van der Waals surface area contributed by atoms with Crippen LogP contribution in [-0.4, -0.2) is 41.0 Å². The summed E-state index contributed by atoms with van der Waals surface area (Å²) in [6.45, 7) is 1.66. The number of carbonyl (C=O) groups excluding carboxylic acids is 2. The van der Waals surface area contributed by atoms with Crippen molar-refractivity contribution in [3.63, 3.8) is 0 Å². The van der Waals surface area contributed by atoms with Gasteiger partial charge in [-0.05, 0) is 48.4 Å². The molecule has 3 atom stereocenters. The fraction of sp³-hybridized carbons (Fsp3) is 0.300. The number of fused-ring (bicyclic) bond motifs is 3. The molecule has 2 aromatic carbocycles. The van der Waals surface area contributed by atoms with E-state index < -0.39 is 12.0 Å². The molecule has 0 aliphatic carbocycles. The summed E-state index contributed by atoms with van der Waals surface area (Å²) in [5, 5.41) is 4.97. The maximum Gasteiger partial charge on any atom is 0.253 e. The lowest BCUT2D eigenvalue weighted by Crippen LogP contribution is -2.44. The molecule has 5 rings (SSSR count). The molecule has 7 heteroatoms. The number of rotatable bonds is 2. The quantitative estimate of drug-likeness (QED) is 0.661. The number of anilines is 1. The minimum Gasteiger partial charge on any atom is -0.274 e. The van der Waals surface area contributed by atoms with Crippen molar-refractivity contribution in [1.82, 2.24) is 10.0 Å². The predicted octanol–water partition coefficient (Wildman–Crippen LogP) is 3.64. The number of hydrogen-bond donors (Lipinski definition) is 0. The Labute approximate surface area is 170 Å². The van der Waals surface area contributed by atoms with Crippen LogP contribution >= 0.6 is 27.5 Å². The number of halogens is 2. The van der Waals surface area contributed by atoms with Crippen LogP contribution in [0, 0.1) is 5.92 Å². The van der Waals surface area contributed by atoms with Gasteiger partial charge in [0.2, 0.25) is 5.91 Å². The molecule has 0 bridgehead atoms. The van der Waals surface area contributed by atoms with E-state index in [4.69, 9.17) is 11.6 Å². The largest absolute Gasteiger partial charge is 0.274 e. The van der Waals surface area contributed by atoms with Crippen molar-refractivity contribution in [1.29, 1.82) is 0 Å². The lowest BCUT2D eigenvalue weighted by Gasteiger charge is -2.29. The van der Waals surface area contributed by atoms with E-state index in [1.165, 1.54) is 4.90 Å². The third-order valence-corrected chi connectivity index (χ3v) is 6.48. The highest BCUT2D eigenvalue weighted by molar-refractivity contribution is 9.10. The number of imide groups is 1. The Hall–Kier alpha value is -1.73. The van der Waals surface area contributed by atoms with Crippen molar-refractivity contribution in [2.75, 3.05) is 18.0 Å². The minimum atomic E-state index is -0.427. The van der Waals surface area contributed by atoms with E-state index in [1.807, 2.05) is 36.4 Å². The summed E-state index contributed by atoms with van der Waals surface area (Å²) in [5.41, 5.74) is 1.65. The zero-order valence-electron chi connectivity index (χ0n) is 14.4. The average molecular weight is 447 g/mol. The summed E-state index contributed by atoms with van der Waals surface area (Å²) in [6.07, 6.45) is 0.993. The molecule has 3 saturated heterocycles. The van der Waals surface area contributed by atoms with E-state index in [0.717, 1.165) is 29.5 Å². The molecule has 3 heterocycles. The second-order valence-electron chi connectivity index (χ2n) is 7.14. The lowest BCUT2D eigenvalue weighted by molar-refractivity contribution is -0.126. The normalized spacial score (nSPS) is 28.1. The van der Waals surface area contributed by atoms with Gasteiger partial charge in [0.1, 0.15) is 6.04 Å². The van der Waals surface area contributed by atoms with Crippen LogP contribution in [0.3, 0.4) is 0 Å². The first kappa shape index (κ1) is 17.4. The van der Waals surface area contributed by atoms with Crippen LogP contribution in [0.5, 0.6) is 0 Å². The SMILES string of the molecule is O=C1[C@H]2[C@@H](C(=O)N1c1ccc(Br)cc1)N1CCCN1[C@@H]2c1ccc(Cl)cc1. The summed E-state index contributed by atoms with van der Waals surface area (Å²) < 4.78 is 0.912. The first-order valence-electron chi connectivity index (χ1n) is 8.98. The minimum absolute atomic E-state index is 0.123. The van der Waals surface area contributed by atoms with Crippen LogP contribution in [0.4, 0.5) is 5.69 Å². The number of benzene rings is 2. The monoisotopic (exact) mass is 445 g/mol. The van der Waals surface area contributed by atoms with Crippen LogP contribution in [0.15, 0.2) is 53.0 Å². The van der Waals surface area contributed by atoms with Crippen molar-refractivity contribution in [3.8, 4) is 0 Å². The molecule has 3 fully saturated rings. The van der Waals surface area contributed by atoms with Gasteiger partial charge in [0.05, 0.1) is 17.6 Å². The molecule has 138 valence electrons. The van der Waals surface area contributed by atoms with E-state index in [1.54, 1.807) is 12.1 Å². The summed E-state index contributed by atoms with van der Waals surface area (Å²) in [5.74, 6) is -0.653. The summed E-state index contributed by atoms with van der Waals surface area (Å²) in [4.78, 5) is 28.0. The molecule has 0 aromatic heterocycles. The highest BCUT2D eigenvalue weighted by atomic mass is 79.9. The van der Waals surface area contributed by atoms with Crippen molar-refractivity contribution < 1.29 is 9.59 Å². The van der Waals surface area contributed by atoms with Gasteiger partial charge in [0.15, 0.2) is 0 Å². The Bertz CT molecular complexity index is 918. The van der Waals surface area contributed by atoms with E-state index in [-0.39, 0.29) is 17.9 Å². The fourth-order valence-electron chi connectivity index (χ4n) is 4.62. The van der Waals surface area contributed by atoms with Gasteiger partial charge in [-0.25, -0.2) is 14.9 Å². The number of nitrogens with zero attached hydrogens (tertiary/aromatic N) is 3. The van der Waals surface area contributed by atoms with Gasteiger partial charge >= 0.3 is 0 Å². The van der Waals surface area contributed by atoms with Crippen molar-refractivity contribution >= 4 is 45.0 Å². The van der Waals surface area contributed by atoms with E-state index in [2.05, 4.69) is 25.9 Å². The second kappa shape index (κ2) is 6.41. The van der Waals surface area contributed by atoms with Gasteiger partial charge in [0, 0.05) is 22.6 Å². The van der Waals surface area contributed by atoms with E-state index >= 15 is 0 Å². The van der Waals surface area contributed by atoms with Crippen molar-refractivity contribution in [2.45, 2.75) is 18.5 Å². The molecule has 27 heavy (non-hydrogen) atoms. The lowest BCUT2D eigenvalue weighted by atomic mass is 9.90. The summed E-state index contributed by atoms with van der Waals surface area (Å²) in [7, 11) is 0. The third kappa shape index (κ3) is 2.58. The van der Waals surface area contributed by atoms with E-state index in [0.29, 0.717) is 10.7 Å². The van der Waals surface area contributed by atoms with Gasteiger partial charge in [-0.15, -0.1) is 0 Å². The maximum atomic E-state index is 13.4. The van der Waals surface area contributed by atoms with Gasteiger partial charge < -0.3 is 0 Å². The molecule has 0 radical (unpaired) electrons. The molecular formula is C20H17BrClN3O2. The number of amides is 2. The zero-order valence-corrected chi connectivity index (χ0v) is 16.7. The Morgan fingerprint density at radius 2 is 1.48 bits per heavy atom. The molecule has 2 aromatic rings. The van der Waals surface area contributed by atoms with Crippen LogP contribution in [-0.2, 0) is 9.59 Å². The highest BCUT2D eigenvalue weighted by Gasteiger charge is 2.62. The predicted molar refractivity (Wildman–Crippen MR) is 106 cm³/mol. The van der Waals surface area contributed by atoms with Crippen LogP contribution in [0.25, 0.3) is 0 Å². The molecule has 2 amide bonds. The first-order chi connectivity index (χ1) is 13.1. The average Bonchev–Trinajstić information content (AvgIpc) is 3.30. The summed E-state index contributed by atoms with van der Waals surface area (Å²) >= 11 is 9.45. The highest BCUT2D eigenvalue weighted by Crippen LogP contribution is 2.49. The standard InChI is InChI=1S/C20H17BrClN3O2/c21-13-4-8-15(9-5-13)25-19(26)16-17(12-2-6-14(22)7-3-12)23-10-1-11-24(23)18(16)20(25)27/h2-9,16-18H,1,10-11H2/t16-,17-,18+/m1/s1.